The zero-order chi connectivity index (χ0) is 24.0. The average Bonchev–Trinajstić information content (AvgIpc) is 2.74. The molecule has 33 heavy (non-hydrogen) atoms. The van der Waals surface area contributed by atoms with Crippen LogP contribution in [0.5, 0.6) is 5.75 Å². The molecule has 1 heterocycles. The molecule has 3 rings (SSSR count). The first kappa shape index (κ1) is 24.7. The fraction of sp³-hybridized carbons (Fsp3) is 0.391. The lowest BCUT2D eigenvalue weighted by Crippen LogP contribution is -2.51. The Labute approximate surface area is 193 Å². The van der Waals surface area contributed by atoms with Crippen molar-refractivity contribution >= 4 is 19.0 Å². The van der Waals surface area contributed by atoms with Crippen LogP contribution in [0.2, 0.25) is 0 Å². The lowest BCUT2D eigenvalue weighted by molar-refractivity contribution is -0.929. The average molecular weight is 456 g/mol. The van der Waals surface area contributed by atoms with Gasteiger partial charge in [0.05, 0.1) is 38.2 Å². The summed E-state index contributed by atoms with van der Waals surface area (Å²) in [6, 6.07) is 11.7. The molecule has 0 aliphatic carbocycles. The van der Waals surface area contributed by atoms with Gasteiger partial charge in [0.15, 0.2) is 0 Å². The van der Waals surface area contributed by atoms with Gasteiger partial charge in [0.1, 0.15) is 19.6 Å². The summed E-state index contributed by atoms with van der Waals surface area (Å²) in [5, 5.41) is 43.4. The number of morpholine rings is 1. The normalized spacial score (nSPS) is 16.1. The third kappa shape index (κ3) is 6.78. The van der Waals surface area contributed by atoms with Gasteiger partial charge in [-0.3, -0.25) is 4.79 Å². The van der Waals surface area contributed by atoms with Gasteiger partial charge in [0.2, 0.25) is 5.91 Å². The maximum absolute atomic E-state index is 12.6. The molecule has 1 fully saturated rings. The molecule has 2 aromatic carbocycles. The molecule has 1 saturated heterocycles. The van der Waals surface area contributed by atoms with E-state index < -0.39 is 36.2 Å². The van der Waals surface area contributed by atoms with E-state index in [1.165, 1.54) is 18.2 Å². The molecule has 9 nitrogen and oxygen atoms in total. The summed E-state index contributed by atoms with van der Waals surface area (Å²) in [6.45, 7) is 4.12. The van der Waals surface area contributed by atoms with Crippen LogP contribution in [0.1, 0.15) is 27.0 Å². The molecule has 0 radical (unpaired) electrons. The highest BCUT2D eigenvalue weighted by Gasteiger charge is 2.27. The Morgan fingerprint density at radius 1 is 1.15 bits per heavy atom. The lowest BCUT2D eigenvalue weighted by Gasteiger charge is -2.37. The number of nitrogens with zero attached hydrogens (tertiary/aromatic N) is 1. The topological polar surface area (TPSA) is 139 Å². The SMILES string of the molecule is C[N+]1(Cc2cccc(CC(=O)N[C@@H](Cc3cccc(C(=O)O)c3[O-])B(O)O)c2)CCOCC1. The first-order chi connectivity index (χ1) is 15.7. The number of hydrogen-bond acceptors (Lipinski definition) is 6. The number of likely N-dealkylation sites (N-methyl/N-ethyl adjacent to an activating group) is 1. The highest BCUT2D eigenvalue weighted by Crippen LogP contribution is 2.21. The molecule has 10 heteroatoms. The van der Waals surface area contributed by atoms with Gasteiger partial charge in [-0.2, -0.15) is 0 Å². The Hall–Kier alpha value is -2.92. The minimum absolute atomic E-state index is 0.0310. The Morgan fingerprint density at radius 3 is 2.48 bits per heavy atom. The molecule has 0 spiro atoms. The summed E-state index contributed by atoms with van der Waals surface area (Å²) in [5.41, 5.74) is 1.56. The van der Waals surface area contributed by atoms with E-state index in [-0.39, 0.29) is 18.4 Å². The van der Waals surface area contributed by atoms with E-state index in [1.807, 2.05) is 24.3 Å². The highest BCUT2D eigenvalue weighted by molar-refractivity contribution is 6.43. The van der Waals surface area contributed by atoms with Crippen LogP contribution in [0.25, 0.3) is 0 Å². The quantitative estimate of drug-likeness (QED) is 0.301. The second-order valence-corrected chi connectivity index (χ2v) is 8.72. The molecule has 2 aromatic rings. The predicted molar refractivity (Wildman–Crippen MR) is 119 cm³/mol. The minimum Gasteiger partial charge on any atom is -0.872 e. The fourth-order valence-corrected chi connectivity index (χ4v) is 4.05. The van der Waals surface area contributed by atoms with Gasteiger partial charge in [-0.05, 0) is 24.1 Å². The molecular formula is C23H29BN2O7. The molecule has 1 aliphatic rings. The van der Waals surface area contributed by atoms with Gasteiger partial charge in [0.25, 0.3) is 0 Å². The minimum atomic E-state index is -1.92. The van der Waals surface area contributed by atoms with Crippen molar-refractivity contribution < 1.29 is 39.1 Å². The van der Waals surface area contributed by atoms with E-state index in [0.717, 1.165) is 48.5 Å². The molecule has 0 bridgehead atoms. The van der Waals surface area contributed by atoms with Crippen LogP contribution in [0.15, 0.2) is 42.5 Å². The van der Waals surface area contributed by atoms with Crippen LogP contribution < -0.4 is 10.4 Å². The number of para-hydroxylation sites is 1. The van der Waals surface area contributed by atoms with Gasteiger partial charge in [-0.1, -0.05) is 41.6 Å². The number of ether oxygens (including phenoxy) is 1. The summed E-state index contributed by atoms with van der Waals surface area (Å²) in [4.78, 5) is 23.8. The number of benzene rings is 2. The van der Waals surface area contributed by atoms with Crippen molar-refractivity contribution in [3.8, 4) is 5.75 Å². The van der Waals surface area contributed by atoms with E-state index in [2.05, 4.69) is 12.4 Å². The number of aromatic carboxylic acids is 1. The number of amides is 1. The largest absolute Gasteiger partial charge is 0.872 e. The Morgan fingerprint density at radius 2 is 1.82 bits per heavy atom. The molecule has 0 saturated carbocycles. The zero-order valence-corrected chi connectivity index (χ0v) is 18.6. The number of rotatable bonds is 9. The van der Waals surface area contributed by atoms with Gasteiger partial charge < -0.3 is 34.8 Å². The standard InChI is InChI=1S/C23H29BN2O7/c1-26(8-10-33-11-9-26)15-17-5-2-4-16(12-17)13-21(27)25-20(24(31)32)14-18-6-3-7-19(22(18)28)23(29)30/h2-7,12,20,31-32H,8-11,13-15H2,1H3,(H2-,25,27,28,29,30)/t20-/m0/s1. The van der Waals surface area contributed by atoms with Crippen LogP contribution in [-0.4, -0.2) is 77.9 Å². The van der Waals surface area contributed by atoms with Gasteiger partial charge in [-0.15, -0.1) is 0 Å². The number of quaternary nitrogens is 1. The zero-order valence-electron chi connectivity index (χ0n) is 18.6. The van der Waals surface area contributed by atoms with Crippen LogP contribution in [-0.2, 0) is 28.9 Å². The van der Waals surface area contributed by atoms with Crippen molar-refractivity contribution in [2.75, 3.05) is 33.4 Å². The number of carbonyl (C=O) groups is 2. The third-order valence-electron chi connectivity index (χ3n) is 5.94. The third-order valence-corrected chi connectivity index (χ3v) is 5.94. The number of nitrogens with one attached hydrogen (secondary N) is 1. The number of hydrogen-bond donors (Lipinski definition) is 4. The van der Waals surface area contributed by atoms with Crippen molar-refractivity contribution in [1.82, 2.24) is 5.32 Å². The summed E-state index contributed by atoms with van der Waals surface area (Å²) in [6.07, 6.45) is -0.176. The molecule has 0 aromatic heterocycles. The summed E-state index contributed by atoms with van der Waals surface area (Å²) in [5.74, 6) is -3.66. The van der Waals surface area contributed by atoms with Crippen LogP contribution in [0, 0.1) is 0 Å². The van der Waals surface area contributed by atoms with E-state index in [1.54, 1.807) is 0 Å². The molecule has 1 atom stereocenters. The molecular weight excluding hydrogens is 427 g/mol. The van der Waals surface area contributed by atoms with E-state index in [0.29, 0.717) is 0 Å². The maximum Gasteiger partial charge on any atom is 0.475 e. The summed E-state index contributed by atoms with van der Waals surface area (Å²) < 4.78 is 6.31. The van der Waals surface area contributed by atoms with Gasteiger partial charge in [0, 0.05) is 5.56 Å². The fourth-order valence-electron chi connectivity index (χ4n) is 4.05. The highest BCUT2D eigenvalue weighted by atomic mass is 16.5. The molecule has 4 N–H and O–H groups in total. The van der Waals surface area contributed by atoms with E-state index >= 15 is 0 Å². The maximum atomic E-state index is 12.6. The smallest absolute Gasteiger partial charge is 0.475 e. The lowest BCUT2D eigenvalue weighted by atomic mass is 9.75. The van der Waals surface area contributed by atoms with Crippen LogP contribution in [0.3, 0.4) is 0 Å². The van der Waals surface area contributed by atoms with Gasteiger partial charge >= 0.3 is 13.1 Å². The predicted octanol–water partition coefficient (Wildman–Crippen LogP) is -0.283. The van der Waals surface area contributed by atoms with Gasteiger partial charge in [-0.25, -0.2) is 4.79 Å². The summed E-state index contributed by atoms with van der Waals surface area (Å²) in [7, 11) is 0.262. The number of carboxylic acid groups (broad SMARTS) is 1. The Kier molecular flexibility index (Phi) is 8.09. The van der Waals surface area contributed by atoms with Crippen LogP contribution >= 0.6 is 0 Å². The van der Waals surface area contributed by atoms with Crippen molar-refractivity contribution in [3.05, 3.63) is 64.7 Å². The first-order valence-corrected chi connectivity index (χ1v) is 10.8. The second kappa shape index (κ2) is 10.8. The van der Waals surface area contributed by atoms with Crippen molar-refractivity contribution in [2.24, 2.45) is 0 Å². The summed E-state index contributed by atoms with van der Waals surface area (Å²) >= 11 is 0. The number of carboxylic acids is 1. The van der Waals surface area contributed by atoms with Crippen molar-refractivity contribution in [2.45, 2.75) is 25.3 Å². The Balaban J connectivity index is 1.65. The molecule has 0 unspecified atom stereocenters. The van der Waals surface area contributed by atoms with Crippen LogP contribution in [0.4, 0.5) is 0 Å². The van der Waals surface area contributed by atoms with Crippen molar-refractivity contribution in [1.29, 1.82) is 0 Å². The Bertz CT molecular complexity index is 993. The molecule has 1 amide bonds. The molecule has 176 valence electrons. The van der Waals surface area contributed by atoms with E-state index in [4.69, 9.17) is 9.84 Å². The monoisotopic (exact) mass is 456 g/mol. The number of carbonyl (C=O) groups excluding carboxylic acids is 1. The second-order valence-electron chi connectivity index (χ2n) is 8.72. The van der Waals surface area contributed by atoms with Crippen molar-refractivity contribution in [3.63, 3.8) is 0 Å². The molecule has 1 aliphatic heterocycles. The van der Waals surface area contributed by atoms with E-state index in [9.17, 15) is 24.7 Å². The first-order valence-electron chi connectivity index (χ1n) is 10.8.